The van der Waals surface area contributed by atoms with Gasteiger partial charge in [0.25, 0.3) is 5.91 Å². The topological polar surface area (TPSA) is 75.5 Å². The predicted molar refractivity (Wildman–Crippen MR) is 139 cm³/mol. The highest BCUT2D eigenvalue weighted by atomic mass is 19.4. The van der Waals surface area contributed by atoms with Gasteiger partial charge in [0.15, 0.2) is 0 Å². The van der Waals surface area contributed by atoms with Crippen molar-refractivity contribution in [2.75, 3.05) is 6.54 Å². The Hall–Kier alpha value is -3.51. The lowest BCUT2D eigenvalue weighted by Gasteiger charge is -2.42. The van der Waals surface area contributed by atoms with E-state index in [9.17, 15) is 36.2 Å². The average Bonchev–Trinajstić information content (AvgIpc) is 3.28. The van der Waals surface area contributed by atoms with E-state index in [1.165, 1.54) is 30.4 Å². The lowest BCUT2D eigenvalue weighted by Crippen LogP contribution is -2.43. The number of aliphatic hydroxyl groups excluding tert-OH is 1. The van der Waals surface area contributed by atoms with Crippen molar-refractivity contribution in [3.63, 3.8) is 0 Å². The van der Waals surface area contributed by atoms with E-state index >= 15 is 0 Å². The van der Waals surface area contributed by atoms with E-state index in [0.717, 1.165) is 11.1 Å². The Balaban J connectivity index is 1.49. The molecule has 6 atom stereocenters. The molecule has 224 valence electrons. The van der Waals surface area contributed by atoms with Crippen molar-refractivity contribution in [3.05, 3.63) is 94.6 Å². The number of halogens is 6. The van der Waals surface area contributed by atoms with Gasteiger partial charge in [-0.15, -0.1) is 0 Å². The maximum absolute atomic E-state index is 13.5. The number of alkyl halides is 6. The summed E-state index contributed by atoms with van der Waals surface area (Å²) in [5.41, 5.74) is -1.29. The first-order valence-electron chi connectivity index (χ1n) is 13.5. The summed E-state index contributed by atoms with van der Waals surface area (Å²) in [5.74, 6) is -1.59. The van der Waals surface area contributed by atoms with Crippen LogP contribution in [0.25, 0.3) is 0 Å². The smallest absolute Gasteiger partial charge is 0.373 e. The first-order chi connectivity index (χ1) is 19.8. The largest absolute Gasteiger partial charge is 0.416 e. The molecule has 5 rings (SSSR count). The summed E-state index contributed by atoms with van der Waals surface area (Å²) < 4.78 is 87.4. The van der Waals surface area contributed by atoms with Crippen molar-refractivity contribution in [2.24, 2.45) is 11.8 Å². The Morgan fingerprint density at radius 1 is 1.02 bits per heavy atom. The monoisotopic (exact) mass is 593 g/mol. The van der Waals surface area contributed by atoms with Crippen LogP contribution in [0.5, 0.6) is 0 Å². The molecule has 2 aromatic carbocycles. The van der Waals surface area contributed by atoms with Gasteiger partial charge in [-0.1, -0.05) is 24.3 Å². The number of carbonyl (C=O) groups is 1. The van der Waals surface area contributed by atoms with Gasteiger partial charge in [-0.3, -0.25) is 9.78 Å². The average molecular weight is 594 g/mol. The number of nitrogens with zero attached hydrogens (tertiary/aromatic N) is 3. The minimum Gasteiger partial charge on any atom is -0.373 e. The Bertz CT molecular complexity index is 1400. The van der Waals surface area contributed by atoms with Crippen LogP contribution in [0, 0.1) is 18.8 Å². The minimum absolute atomic E-state index is 0.0778. The number of aromatic nitrogens is 2. The number of ether oxygens (including phenoxy) is 1. The van der Waals surface area contributed by atoms with Crippen molar-refractivity contribution < 1.29 is 41.0 Å². The number of amides is 1. The summed E-state index contributed by atoms with van der Waals surface area (Å²) >= 11 is 0. The predicted octanol–water partition coefficient (Wildman–Crippen LogP) is 6.55. The van der Waals surface area contributed by atoms with Crippen LogP contribution in [0.1, 0.15) is 70.1 Å². The zero-order chi connectivity index (χ0) is 30.4. The SMILES string of the molecule is Cc1ccccc1[C@H]1[C@@H]2C(O)N(C(=O)c3cnccn3)C[C@H]2CC[C@@H]1O[C@H](C)c1cc(C(F)(F)F)cc(C(F)(F)F)c1. The highest BCUT2D eigenvalue weighted by Crippen LogP contribution is 2.51. The number of rotatable bonds is 5. The standard InChI is InChI=1S/C30H29F6N3O3/c1-16-5-3-4-6-22(16)26-24(42-17(2)19-11-20(29(31,32)33)13-21(12-19)30(34,35)36)8-7-18-15-39(28(41)25(18)26)27(40)23-14-37-9-10-38-23/h3-6,9-14,17-18,24-26,28,41H,7-8,15H2,1-2H3/t17-,18-,24+,25-,26-,28?/m1/s1. The molecule has 0 radical (unpaired) electrons. The van der Waals surface area contributed by atoms with E-state index in [1.807, 2.05) is 31.2 Å². The highest BCUT2D eigenvalue weighted by molar-refractivity contribution is 5.92. The molecule has 1 amide bonds. The van der Waals surface area contributed by atoms with E-state index in [-0.39, 0.29) is 29.8 Å². The van der Waals surface area contributed by atoms with Gasteiger partial charge in [-0.25, -0.2) is 4.98 Å². The third-order valence-corrected chi connectivity index (χ3v) is 8.33. The Labute approximate surface area is 238 Å². The van der Waals surface area contributed by atoms with Crippen LogP contribution < -0.4 is 0 Å². The van der Waals surface area contributed by atoms with Crippen molar-refractivity contribution >= 4 is 5.91 Å². The second-order valence-electron chi connectivity index (χ2n) is 10.9. The third-order valence-electron chi connectivity index (χ3n) is 8.33. The number of carbonyl (C=O) groups excluding carboxylic acids is 1. The maximum Gasteiger partial charge on any atom is 0.416 e. The van der Waals surface area contributed by atoms with E-state index in [0.29, 0.717) is 25.0 Å². The first kappa shape index (κ1) is 30.0. The number of hydrogen-bond acceptors (Lipinski definition) is 5. The molecule has 1 aliphatic heterocycles. The van der Waals surface area contributed by atoms with E-state index < -0.39 is 59.7 Å². The van der Waals surface area contributed by atoms with Gasteiger partial charge in [-0.05, 0) is 67.5 Å². The maximum atomic E-state index is 13.5. The Morgan fingerprint density at radius 3 is 2.29 bits per heavy atom. The van der Waals surface area contributed by atoms with Gasteiger partial charge in [0.2, 0.25) is 0 Å². The van der Waals surface area contributed by atoms with E-state index in [4.69, 9.17) is 4.74 Å². The van der Waals surface area contributed by atoms with Gasteiger partial charge in [0, 0.05) is 30.8 Å². The van der Waals surface area contributed by atoms with Gasteiger partial charge < -0.3 is 14.7 Å². The van der Waals surface area contributed by atoms with Gasteiger partial charge in [-0.2, -0.15) is 26.3 Å². The summed E-state index contributed by atoms with van der Waals surface area (Å²) in [5, 5.41) is 11.5. The lowest BCUT2D eigenvalue weighted by molar-refractivity contribution is -0.143. The summed E-state index contributed by atoms with van der Waals surface area (Å²) in [6.45, 7) is 3.56. The fraction of sp³-hybridized carbons (Fsp3) is 0.433. The van der Waals surface area contributed by atoms with Crippen molar-refractivity contribution in [1.82, 2.24) is 14.9 Å². The van der Waals surface area contributed by atoms with Crippen LogP contribution in [0.4, 0.5) is 26.3 Å². The first-order valence-corrected chi connectivity index (χ1v) is 13.5. The van der Waals surface area contributed by atoms with Crippen molar-refractivity contribution in [2.45, 2.75) is 63.4 Å². The number of benzene rings is 2. The fourth-order valence-corrected chi connectivity index (χ4v) is 6.34. The molecule has 0 bridgehead atoms. The second-order valence-corrected chi connectivity index (χ2v) is 10.9. The van der Waals surface area contributed by atoms with Gasteiger partial charge >= 0.3 is 12.4 Å². The quantitative estimate of drug-likeness (QED) is 0.340. The molecule has 1 saturated carbocycles. The molecule has 1 aliphatic carbocycles. The Kier molecular flexibility index (Phi) is 8.06. The van der Waals surface area contributed by atoms with Crippen LogP contribution in [-0.2, 0) is 17.1 Å². The zero-order valence-corrected chi connectivity index (χ0v) is 22.7. The molecule has 1 aromatic heterocycles. The molecule has 12 heteroatoms. The molecule has 2 heterocycles. The van der Waals surface area contributed by atoms with Crippen LogP contribution in [-0.4, -0.2) is 44.8 Å². The number of likely N-dealkylation sites (tertiary alicyclic amines) is 1. The number of fused-ring (bicyclic) bond motifs is 1. The summed E-state index contributed by atoms with van der Waals surface area (Å²) in [6, 6.07) is 8.86. The Morgan fingerprint density at radius 2 is 1.69 bits per heavy atom. The molecular formula is C30H29F6N3O3. The van der Waals surface area contributed by atoms with Crippen molar-refractivity contribution in [1.29, 1.82) is 0 Å². The fourth-order valence-electron chi connectivity index (χ4n) is 6.34. The summed E-state index contributed by atoms with van der Waals surface area (Å²) in [4.78, 5) is 22.6. The normalized spacial score (nSPS) is 25.3. The van der Waals surface area contributed by atoms with Crippen LogP contribution in [0.3, 0.4) is 0 Å². The van der Waals surface area contributed by atoms with Crippen LogP contribution in [0.15, 0.2) is 61.1 Å². The van der Waals surface area contributed by atoms with E-state index in [2.05, 4.69) is 9.97 Å². The van der Waals surface area contributed by atoms with Gasteiger partial charge in [0.05, 0.1) is 29.5 Å². The summed E-state index contributed by atoms with van der Waals surface area (Å²) in [7, 11) is 0. The molecular weight excluding hydrogens is 564 g/mol. The molecule has 1 saturated heterocycles. The van der Waals surface area contributed by atoms with Crippen molar-refractivity contribution in [3.8, 4) is 0 Å². The molecule has 3 aromatic rings. The number of aliphatic hydroxyl groups is 1. The number of hydrogen-bond donors (Lipinski definition) is 1. The summed E-state index contributed by atoms with van der Waals surface area (Å²) in [6.07, 6.45) is -7.90. The second kappa shape index (κ2) is 11.3. The molecule has 1 N–H and O–H groups in total. The highest BCUT2D eigenvalue weighted by Gasteiger charge is 2.53. The minimum atomic E-state index is -4.98. The third kappa shape index (κ3) is 5.87. The van der Waals surface area contributed by atoms with Gasteiger partial charge in [0.1, 0.15) is 11.9 Å². The zero-order valence-electron chi connectivity index (χ0n) is 22.7. The lowest BCUT2D eigenvalue weighted by atomic mass is 9.68. The van der Waals surface area contributed by atoms with E-state index in [1.54, 1.807) is 0 Å². The molecule has 0 spiro atoms. The number of aryl methyl sites for hydroxylation is 1. The molecule has 42 heavy (non-hydrogen) atoms. The van der Waals surface area contributed by atoms with Crippen LogP contribution >= 0.6 is 0 Å². The molecule has 1 unspecified atom stereocenters. The van der Waals surface area contributed by atoms with Crippen LogP contribution in [0.2, 0.25) is 0 Å². The molecule has 6 nitrogen and oxygen atoms in total. The molecule has 2 aliphatic rings. The molecule has 2 fully saturated rings.